The Hall–Kier alpha value is -1.74. The van der Waals surface area contributed by atoms with E-state index in [-0.39, 0.29) is 5.62 Å². The number of aromatic amines is 1. The molecule has 0 saturated carbocycles. The van der Waals surface area contributed by atoms with Crippen molar-refractivity contribution in [2.24, 2.45) is 4.99 Å². The van der Waals surface area contributed by atoms with Crippen LogP contribution in [-0.2, 0) is 6.54 Å². The number of aliphatic imine (C=N–C) groups is 1. The Bertz CT molecular complexity index is 585. The molecule has 0 saturated heterocycles. The van der Waals surface area contributed by atoms with Gasteiger partial charge in [0.05, 0.1) is 0 Å². The lowest BCUT2D eigenvalue weighted by Crippen LogP contribution is -2.25. The lowest BCUT2D eigenvalue weighted by Gasteiger charge is -2.24. The first kappa shape index (κ1) is 10.4. The van der Waals surface area contributed by atoms with Crippen LogP contribution in [0.2, 0.25) is 0 Å². The van der Waals surface area contributed by atoms with Crippen molar-refractivity contribution in [3.8, 4) is 0 Å². The molecule has 1 aromatic heterocycles. The average molecular weight is 246 g/mol. The first-order valence-electron chi connectivity index (χ1n) is 5.49. The van der Waals surface area contributed by atoms with E-state index in [1.54, 1.807) is 6.21 Å². The minimum atomic E-state index is -0.304. The molecule has 4 heteroatoms. The van der Waals surface area contributed by atoms with Gasteiger partial charge in [-0.1, -0.05) is 17.7 Å². The van der Waals surface area contributed by atoms with Gasteiger partial charge in [0.1, 0.15) is 0 Å². The van der Waals surface area contributed by atoms with Crippen LogP contribution in [0, 0.1) is 0 Å². The van der Waals surface area contributed by atoms with Gasteiger partial charge in [-0.25, -0.2) is 0 Å². The minimum absolute atomic E-state index is 0.304. The lowest BCUT2D eigenvalue weighted by atomic mass is 10.1. The Balaban J connectivity index is 1.84. The van der Waals surface area contributed by atoms with Crippen LogP contribution >= 0.6 is 11.6 Å². The summed E-state index contributed by atoms with van der Waals surface area (Å²) in [6.07, 6.45) is 7.53. The number of nitrogens with one attached hydrogen (secondary N) is 1. The van der Waals surface area contributed by atoms with E-state index in [0.717, 1.165) is 12.1 Å². The van der Waals surface area contributed by atoms with Gasteiger partial charge in [0.15, 0.2) is 5.62 Å². The fourth-order valence-electron chi connectivity index (χ4n) is 1.97. The maximum Gasteiger partial charge on any atom is 0.197 e. The Morgan fingerprint density at radius 2 is 2.29 bits per heavy atom. The number of benzene rings is 1. The molecule has 3 nitrogen and oxygen atoms in total. The van der Waals surface area contributed by atoms with E-state index in [1.807, 2.05) is 23.4 Å². The van der Waals surface area contributed by atoms with Gasteiger partial charge in [0.2, 0.25) is 0 Å². The van der Waals surface area contributed by atoms with Crippen LogP contribution in [0.4, 0.5) is 0 Å². The van der Waals surface area contributed by atoms with E-state index >= 15 is 0 Å². The van der Waals surface area contributed by atoms with Crippen LogP contribution < -0.4 is 0 Å². The molecule has 1 unspecified atom stereocenters. The van der Waals surface area contributed by atoms with Crippen molar-refractivity contribution in [1.82, 2.24) is 9.88 Å². The van der Waals surface area contributed by atoms with Crippen molar-refractivity contribution in [1.29, 1.82) is 0 Å². The molecule has 3 rings (SSSR count). The van der Waals surface area contributed by atoms with Crippen LogP contribution in [0.15, 0.2) is 47.7 Å². The third-order valence-electron chi connectivity index (χ3n) is 2.83. The van der Waals surface area contributed by atoms with Crippen molar-refractivity contribution >= 4 is 28.7 Å². The molecule has 1 aromatic carbocycles. The molecule has 0 spiro atoms. The SMILES string of the molecule is ClC1N=CC=CN1Cc1ccc2[nH]ccc2c1. The summed E-state index contributed by atoms with van der Waals surface area (Å²) in [7, 11) is 0. The molecule has 1 aliphatic heterocycles. The number of H-pyrrole nitrogens is 1. The number of hydrogen-bond acceptors (Lipinski definition) is 2. The number of halogens is 1. The van der Waals surface area contributed by atoms with E-state index < -0.39 is 0 Å². The Morgan fingerprint density at radius 1 is 1.35 bits per heavy atom. The van der Waals surface area contributed by atoms with Gasteiger partial charge in [-0.15, -0.1) is 0 Å². The quantitative estimate of drug-likeness (QED) is 0.640. The largest absolute Gasteiger partial charge is 0.361 e. The van der Waals surface area contributed by atoms with Gasteiger partial charge in [0, 0.05) is 30.7 Å². The van der Waals surface area contributed by atoms with Crippen LogP contribution in [-0.4, -0.2) is 21.7 Å². The summed E-state index contributed by atoms with van der Waals surface area (Å²) in [4.78, 5) is 9.31. The summed E-state index contributed by atoms with van der Waals surface area (Å²) in [5.74, 6) is 0. The standard InChI is InChI=1S/C13H12ClN3/c14-13-16-5-1-7-17(13)9-10-2-3-12-11(8-10)4-6-15-12/h1-8,13,15H,9H2. The van der Waals surface area contributed by atoms with Crippen molar-refractivity contribution in [3.05, 3.63) is 48.3 Å². The molecule has 2 aromatic rings. The maximum atomic E-state index is 6.10. The van der Waals surface area contributed by atoms with Gasteiger partial charge >= 0.3 is 0 Å². The first-order valence-corrected chi connectivity index (χ1v) is 5.92. The Kier molecular flexibility index (Phi) is 2.61. The minimum Gasteiger partial charge on any atom is -0.361 e. The summed E-state index contributed by atoms with van der Waals surface area (Å²) >= 11 is 6.10. The summed E-state index contributed by atoms with van der Waals surface area (Å²) in [6.45, 7) is 0.767. The number of nitrogens with zero attached hydrogens (tertiary/aromatic N) is 2. The fraction of sp³-hybridized carbons (Fsp3) is 0.154. The second-order valence-corrected chi connectivity index (χ2v) is 4.41. The zero-order chi connectivity index (χ0) is 11.7. The monoisotopic (exact) mass is 245 g/mol. The van der Waals surface area contributed by atoms with Crippen molar-refractivity contribution in [3.63, 3.8) is 0 Å². The van der Waals surface area contributed by atoms with Crippen molar-refractivity contribution < 1.29 is 0 Å². The van der Waals surface area contributed by atoms with Gasteiger partial charge in [0.25, 0.3) is 0 Å². The maximum absolute atomic E-state index is 6.10. The highest BCUT2D eigenvalue weighted by Gasteiger charge is 2.12. The molecular weight excluding hydrogens is 234 g/mol. The molecule has 1 aliphatic rings. The molecule has 0 radical (unpaired) electrons. The second-order valence-electron chi connectivity index (χ2n) is 4.02. The number of allylic oxidation sites excluding steroid dienone is 1. The van der Waals surface area contributed by atoms with Gasteiger partial charge in [-0.3, -0.25) is 4.99 Å². The van der Waals surface area contributed by atoms with Crippen molar-refractivity contribution in [2.45, 2.75) is 12.2 Å². The molecule has 0 aliphatic carbocycles. The number of aromatic nitrogens is 1. The van der Waals surface area contributed by atoms with E-state index in [2.05, 4.69) is 34.2 Å². The summed E-state index contributed by atoms with van der Waals surface area (Å²) in [5, 5.41) is 1.22. The Morgan fingerprint density at radius 3 is 3.18 bits per heavy atom. The normalized spacial score (nSPS) is 19.1. The molecule has 0 amide bonds. The predicted molar refractivity (Wildman–Crippen MR) is 71.1 cm³/mol. The molecule has 2 heterocycles. The highest BCUT2D eigenvalue weighted by molar-refractivity contribution is 6.20. The number of rotatable bonds is 2. The third kappa shape index (κ3) is 2.06. The predicted octanol–water partition coefficient (Wildman–Crippen LogP) is 3.09. The topological polar surface area (TPSA) is 31.4 Å². The molecule has 86 valence electrons. The van der Waals surface area contributed by atoms with E-state index in [0.29, 0.717) is 0 Å². The molecular formula is C13H12ClN3. The van der Waals surface area contributed by atoms with Crippen LogP contribution in [0.25, 0.3) is 10.9 Å². The highest BCUT2D eigenvalue weighted by Crippen LogP contribution is 2.19. The fourth-order valence-corrected chi connectivity index (χ4v) is 2.17. The average Bonchev–Trinajstić information content (AvgIpc) is 2.79. The smallest absolute Gasteiger partial charge is 0.197 e. The molecule has 0 fully saturated rings. The van der Waals surface area contributed by atoms with Crippen LogP contribution in [0.1, 0.15) is 5.56 Å². The molecule has 1 atom stereocenters. The summed E-state index contributed by atoms with van der Waals surface area (Å²) in [6, 6.07) is 8.43. The summed E-state index contributed by atoms with van der Waals surface area (Å²) in [5.41, 5.74) is 2.08. The van der Waals surface area contributed by atoms with Crippen molar-refractivity contribution in [2.75, 3.05) is 0 Å². The highest BCUT2D eigenvalue weighted by atomic mass is 35.5. The number of fused-ring (bicyclic) bond motifs is 1. The van der Waals surface area contributed by atoms with E-state index in [9.17, 15) is 0 Å². The van der Waals surface area contributed by atoms with Gasteiger partial charge in [-0.2, -0.15) is 0 Å². The molecule has 1 N–H and O–H groups in total. The van der Waals surface area contributed by atoms with Crippen LogP contribution in [0.5, 0.6) is 0 Å². The zero-order valence-electron chi connectivity index (χ0n) is 9.18. The lowest BCUT2D eigenvalue weighted by molar-refractivity contribution is 0.345. The second kappa shape index (κ2) is 4.26. The van der Waals surface area contributed by atoms with Gasteiger partial charge in [-0.05, 0) is 35.2 Å². The van der Waals surface area contributed by atoms with Gasteiger partial charge < -0.3 is 9.88 Å². The van der Waals surface area contributed by atoms with E-state index in [4.69, 9.17) is 11.6 Å². The third-order valence-corrected chi connectivity index (χ3v) is 3.19. The molecule has 17 heavy (non-hydrogen) atoms. The first-order chi connectivity index (χ1) is 8.33. The van der Waals surface area contributed by atoms with Crippen LogP contribution in [0.3, 0.4) is 0 Å². The number of hydrogen-bond donors (Lipinski definition) is 1. The summed E-state index contributed by atoms with van der Waals surface area (Å²) < 4.78 is 0. The number of alkyl halides is 1. The molecule has 0 bridgehead atoms. The van der Waals surface area contributed by atoms with E-state index in [1.165, 1.54) is 10.9 Å². The Labute approximate surface area is 104 Å². The zero-order valence-corrected chi connectivity index (χ0v) is 9.93.